The number of carbonyl (C=O) groups excluding carboxylic acids is 1. The van der Waals surface area contributed by atoms with Gasteiger partial charge in [0.15, 0.2) is 0 Å². The molecule has 0 aliphatic rings. The van der Waals surface area contributed by atoms with Gasteiger partial charge in [-0.1, -0.05) is 24.3 Å². The molecule has 0 saturated carbocycles. The second-order valence-corrected chi connectivity index (χ2v) is 6.65. The zero-order valence-corrected chi connectivity index (χ0v) is 14.1. The number of nitrogens with zero attached hydrogens (tertiary/aromatic N) is 3. The van der Waals surface area contributed by atoms with Gasteiger partial charge >= 0.3 is 0 Å². The van der Waals surface area contributed by atoms with Crippen LogP contribution in [-0.4, -0.2) is 25.4 Å². The van der Waals surface area contributed by atoms with Crippen molar-refractivity contribution in [3.8, 4) is 0 Å². The van der Waals surface area contributed by atoms with E-state index in [1.165, 1.54) is 11.8 Å². The van der Waals surface area contributed by atoms with Crippen molar-refractivity contribution in [2.24, 2.45) is 0 Å². The molecule has 4 rings (SSSR count). The Labute approximate surface area is 146 Å². The van der Waals surface area contributed by atoms with Crippen molar-refractivity contribution in [1.82, 2.24) is 13.7 Å². The van der Waals surface area contributed by atoms with Crippen LogP contribution < -0.4 is 5.32 Å². The van der Waals surface area contributed by atoms with Crippen molar-refractivity contribution in [3.63, 3.8) is 0 Å². The van der Waals surface area contributed by atoms with Gasteiger partial charge in [-0.05, 0) is 24.3 Å². The van der Waals surface area contributed by atoms with Gasteiger partial charge in [-0.3, -0.25) is 9.78 Å². The largest absolute Gasteiger partial charge is 0.323 e. The van der Waals surface area contributed by atoms with Crippen molar-refractivity contribution >= 4 is 57.0 Å². The number of pyridine rings is 1. The molecule has 2 aromatic heterocycles. The lowest BCUT2D eigenvalue weighted by molar-refractivity contribution is -0.113. The van der Waals surface area contributed by atoms with Crippen LogP contribution in [0.25, 0.3) is 21.9 Å². The predicted octanol–water partition coefficient (Wildman–Crippen LogP) is 3.97. The van der Waals surface area contributed by atoms with Crippen LogP contribution in [0.1, 0.15) is 0 Å². The highest BCUT2D eigenvalue weighted by atomic mass is 32.2. The van der Waals surface area contributed by atoms with Crippen LogP contribution in [0, 0.1) is 0 Å². The quantitative estimate of drug-likeness (QED) is 0.563. The summed E-state index contributed by atoms with van der Waals surface area (Å²) in [6, 6.07) is 15.5. The number of anilines is 1. The molecule has 7 heteroatoms. The zero-order valence-electron chi connectivity index (χ0n) is 12.5. The highest BCUT2D eigenvalue weighted by molar-refractivity contribution is 8.00. The van der Waals surface area contributed by atoms with Crippen molar-refractivity contribution < 1.29 is 4.79 Å². The molecule has 4 aromatic rings. The van der Waals surface area contributed by atoms with E-state index < -0.39 is 0 Å². The maximum atomic E-state index is 12.3. The molecule has 24 heavy (non-hydrogen) atoms. The lowest BCUT2D eigenvalue weighted by Gasteiger charge is -2.07. The Hall–Kier alpha value is -2.51. The fraction of sp³-hybridized carbons (Fsp3) is 0.0588. The molecule has 0 saturated heterocycles. The lowest BCUT2D eigenvalue weighted by atomic mass is 10.2. The Balaban J connectivity index is 1.49. The number of hydrogen-bond donors (Lipinski definition) is 1. The van der Waals surface area contributed by atoms with E-state index in [0.717, 1.165) is 38.6 Å². The zero-order chi connectivity index (χ0) is 16.4. The molecule has 0 bridgehead atoms. The van der Waals surface area contributed by atoms with Gasteiger partial charge in [-0.15, -0.1) is 11.8 Å². The molecule has 1 N–H and O–H groups in total. The molecule has 1 amide bonds. The third kappa shape index (κ3) is 2.95. The number of rotatable bonds is 4. The minimum absolute atomic E-state index is 0.0755. The van der Waals surface area contributed by atoms with Gasteiger partial charge in [0.2, 0.25) is 5.91 Å². The van der Waals surface area contributed by atoms with Crippen LogP contribution in [-0.2, 0) is 4.79 Å². The summed E-state index contributed by atoms with van der Waals surface area (Å²) in [5, 5.41) is 3.98. The smallest absolute Gasteiger partial charge is 0.234 e. The number of amides is 1. The highest BCUT2D eigenvalue weighted by Crippen LogP contribution is 2.27. The Bertz CT molecular complexity index is 1030. The summed E-state index contributed by atoms with van der Waals surface area (Å²) in [6.07, 6.45) is 1.77. The molecular weight excluding hydrogens is 340 g/mol. The minimum Gasteiger partial charge on any atom is -0.323 e. The molecule has 0 aliphatic heterocycles. The summed E-state index contributed by atoms with van der Waals surface area (Å²) in [6.45, 7) is 0. The number of fused-ring (bicyclic) bond motifs is 2. The summed E-state index contributed by atoms with van der Waals surface area (Å²) >= 11 is 2.62. The van der Waals surface area contributed by atoms with E-state index >= 15 is 0 Å². The number of aromatic nitrogens is 3. The predicted molar refractivity (Wildman–Crippen MR) is 98.5 cm³/mol. The van der Waals surface area contributed by atoms with Gasteiger partial charge in [0.1, 0.15) is 11.0 Å². The average Bonchev–Trinajstić information content (AvgIpc) is 3.10. The number of para-hydroxylation sites is 1. The van der Waals surface area contributed by atoms with E-state index in [-0.39, 0.29) is 5.91 Å². The van der Waals surface area contributed by atoms with E-state index in [2.05, 4.69) is 19.0 Å². The molecule has 2 aromatic carbocycles. The summed E-state index contributed by atoms with van der Waals surface area (Å²) < 4.78 is 8.41. The van der Waals surface area contributed by atoms with Gasteiger partial charge in [0.25, 0.3) is 0 Å². The second-order valence-electron chi connectivity index (χ2n) is 5.11. The SMILES string of the molecule is O=C(CSc1cccc2cccnc12)Nc1cccc2nsnc12. The maximum absolute atomic E-state index is 12.3. The minimum atomic E-state index is -0.0755. The summed E-state index contributed by atoms with van der Waals surface area (Å²) in [4.78, 5) is 17.7. The fourth-order valence-electron chi connectivity index (χ4n) is 2.43. The van der Waals surface area contributed by atoms with Gasteiger partial charge in [0.05, 0.1) is 28.7 Å². The van der Waals surface area contributed by atoms with Gasteiger partial charge in [-0.25, -0.2) is 0 Å². The Morgan fingerprint density at radius 2 is 1.92 bits per heavy atom. The summed E-state index contributed by atoms with van der Waals surface area (Å²) in [5.41, 5.74) is 3.14. The lowest BCUT2D eigenvalue weighted by Crippen LogP contribution is -2.14. The topological polar surface area (TPSA) is 67.8 Å². The van der Waals surface area contributed by atoms with Crippen molar-refractivity contribution in [3.05, 3.63) is 54.7 Å². The van der Waals surface area contributed by atoms with E-state index in [1.54, 1.807) is 6.20 Å². The van der Waals surface area contributed by atoms with Gasteiger partial charge < -0.3 is 5.32 Å². The van der Waals surface area contributed by atoms with Crippen LogP contribution in [0.3, 0.4) is 0 Å². The summed E-state index contributed by atoms with van der Waals surface area (Å²) in [7, 11) is 0. The summed E-state index contributed by atoms with van der Waals surface area (Å²) in [5.74, 6) is 0.234. The van der Waals surface area contributed by atoms with Crippen LogP contribution >= 0.6 is 23.5 Å². The van der Waals surface area contributed by atoms with E-state index in [1.807, 2.05) is 48.5 Å². The molecule has 0 radical (unpaired) electrons. The first kappa shape index (κ1) is 15.0. The average molecular weight is 352 g/mol. The standard InChI is InChI=1S/C17H12N4OS2/c22-15(19-12-6-2-7-13-17(12)21-24-20-13)10-23-14-8-1-4-11-5-3-9-18-16(11)14/h1-9H,10H2,(H,19,22). The monoisotopic (exact) mass is 352 g/mol. The highest BCUT2D eigenvalue weighted by Gasteiger charge is 2.10. The van der Waals surface area contributed by atoms with Crippen LogP contribution in [0.15, 0.2) is 59.6 Å². The van der Waals surface area contributed by atoms with E-state index in [4.69, 9.17) is 0 Å². The van der Waals surface area contributed by atoms with Crippen molar-refractivity contribution in [2.45, 2.75) is 4.90 Å². The van der Waals surface area contributed by atoms with E-state index in [9.17, 15) is 4.79 Å². The third-order valence-electron chi connectivity index (χ3n) is 3.51. The molecule has 0 spiro atoms. The number of benzene rings is 2. The second kappa shape index (κ2) is 6.54. The fourth-order valence-corrected chi connectivity index (χ4v) is 3.82. The maximum Gasteiger partial charge on any atom is 0.234 e. The van der Waals surface area contributed by atoms with Crippen molar-refractivity contribution in [1.29, 1.82) is 0 Å². The molecule has 2 heterocycles. The van der Waals surface area contributed by atoms with Gasteiger partial charge in [-0.2, -0.15) is 8.75 Å². The number of hydrogen-bond acceptors (Lipinski definition) is 6. The van der Waals surface area contributed by atoms with Crippen molar-refractivity contribution in [2.75, 3.05) is 11.1 Å². The van der Waals surface area contributed by atoms with Crippen LogP contribution in [0.4, 0.5) is 5.69 Å². The number of carbonyl (C=O) groups is 1. The Morgan fingerprint density at radius 3 is 2.88 bits per heavy atom. The number of nitrogens with one attached hydrogen (secondary N) is 1. The molecule has 0 unspecified atom stereocenters. The van der Waals surface area contributed by atoms with Gasteiger partial charge in [0, 0.05) is 16.5 Å². The normalized spacial score (nSPS) is 11.0. The first-order chi connectivity index (χ1) is 11.8. The van der Waals surface area contributed by atoms with Crippen LogP contribution in [0.2, 0.25) is 0 Å². The molecule has 0 aliphatic carbocycles. The Morgan fingerprint density at radius 1 is 1.04 bits per heavy atom. The third-order valence-corrected chi connectivity index (χ3v) is 5.10. The van der Waals surface area contributed by atoms with E-state index in [0.29, 0.717) is 11.4 Å². The first-order valence-electron chi connectivity index (χ1n) is 7.29. The first-order valence-corrected chi connectivity index (χ1v) is 9.00. The molecule has 0 atom stereocenters. The molecular formula is C17H12N4OS2. The Kier molecular flexibility index (Phi) is 4.10. The molecule has 118 valence electrons. The number of thioether (sulfide) groups is 1. The van der Waals surface area contributed by atoms with Crippen LogP contribution in [0.5, 0.6) is 0 Å². The molecule has 0 fully saturated rings. The molecule has 5 nitrogen and oxygen atoms in total.